The number of anilines is 1. The van der Waals surface area contributed by atoms with Crippen LogP contribution in [0.3, 0.4) is 0 Å². The van der Waals surface area contributed by atoms with E-state index in [1.165, 1.54) is 17.0 Å². The summed E-state index contributed by atoms with van der Waals surface area (Å²) in [6.45, 7) is 0.379. The molecule has 152 valence electrons. The molecule has 2 amide bonds. The van der Waals surface area contributed by atoms with Gasteiger partial charge in [-0.05, 0) is 23.8 Å². The first-order chi connectivity index (χ1) is 14.6. The number of hydrogen-bond donors (Lipinski definition) is 1. The van der Waals surface area contributed by atoms with Crippen molar-refractivity contribution in [3.8, 4) is 16.9 Å². The number of carbonyl (C=O) groups is 2. The summed E-state index contributed by atoms with van der Waals surface area (Å²) in [7, 11) is 0. The summed E-state index contributed by atoms with van der Waals surface area (Å²) in [6, 6.07) is 23.4. The predicted molar refractivity (Wildman–Crippen MR) is 112 cm³/mol. The number of rotatable bonds is 6. The van der Waals surface area contributed by atoms with Crippen LogP contribution in [0.25, 0.3) is 11.1 Å². The summed E-state index contributed by atoms with van der Waals surface area (Å²) in [6.07, 6.45) is 0. The second kappa shape index (κ2) is 8.78. The molecule has 5 nitrogen and oxygen atoms in total. The van der Waals surface area contributed by atoms with Crippen LogP contribution in [0, 0.1) is 11.7 Å². The van der Waals surface area contributed by atoms with E-state index in [0.29, 0.717) is 13.1 Å². The largest absolute Gasteiger partial charge is 0.481 e. The van der Waals surface area contributed by atoms with Gasteiger partial charge in [0, 0.05) is 24.3 Å². The first-order valence-electron chi connectivity index (χ1n) is 9.72. The Labute approximate surface area is 174 Å². The Bertz CT molecular complexity index is 1050. The van der Waals surface area contributed by atoms with Crippen LogP contribution >= 0.6 is 0 Å². The molecule has 6 heteroatoms. The highest BCUT2D eigenvalue weighted by atomic mass is 19.1. The van der Waals surface area contributed by atoms with Gasteiger partial charge in [-0.1, -0.05) is 60.7 Å². The number of ether oxygens (including phenoxy) is 1. The van der Waals surface area contributed by atoms with E-state index in [9.17, 15) is 14.0 Å². The van der Waals surface area contributed by atoms with Crippen LogP contribution in [-0.2, 0) is 9.59 Å². The Hall–Kier alpha value is -3.67. The maximum Gasteiger partial charge on any atom is 0.260 e. The van der Waals surface area contributed by atoms with Crippen LogP contribution in [0.1, 0.15) is 0 Å². The predicted octanol–water partition coefficient (Wildman–Crippen LogP) is 3.97. The molecule has 1 N–H and O–H groups in total. The highest BCUT2D eigenvalue weighted by Gasteiger charge is 2.36. The van der Waals surface area contributed by atoms with Gasteiger partial charge in [0.05, 0.1) is 5.92 Å². The summed E-state index contributed by atoms with van der Waals surface area (Å²) in [5.74, 6) is -1.16. The van der Waals surface area contributed by atoms with E-state index in [2.05, 4.69) is 5.32 Å². The maximum absolute atomic E-state index is 13.6. The maximum atomic E-state index is 13.6. The van der Waals surface area contributed by atoms with Gasteiger partial charge in [0.1, 0.15) is 0 Å². The minimum absolute atomic E-state index is 0.0400. The third-order valence-electron chi connectivity index (χ3n) is 5.06. The minimum atomic E-state index is -0.511. The lowest BCUT2D eigenvalue weighted by Gasteiger charge is -2.38. The second-order valence-corrected chi connectivity index (χ2v) is 7.12. The van der Waals surface area contributed by atoms with Gasteiger partial charge in [0.25, 0.3) is 5.91 Å². The van der Waals surface area contributed by atoms with Gasteiger partial charge >= 0.3 is 0 Å². The summed E-state index contributed by atoms with van der Waals surface area (Å²) in [5.41, 5.74) is 2.70. The normalized spacial score (nSPS) is 13.4. The monoisotopic (exact) mass is 404 g/mol. The molecule has 0 unspecified atom stereocenters. The summed E-state index contributed by atoms with van der Waals surface area (Å²) in [4.78, 5) is 26.4. The number of nitrogens with one attached hydrogen (secondary N) is 1. The van der Waals surface area contributed by atoms with Crippen molar-refractivity contribution >= 4 is 17.5 Å². The smallest absolute Gasteiger partial charge is 0.260 e. The molecule has 0 radical (unpaired) electrons. The molecular formula is C24H21FN2O3. The number of benzene rings is 3. The SMILES string of the molecule is O=C(Nc1ccccc1-c1ccccc1)C1CN(C(=O)COc2ccccc2F)C1. The highest BCUT2D eigenvalue weighted by Crippen LogP contribution is 2.28. The average Bonchev–Trinajstić information content (AvgIpc) is 2.73. The first kappa shape index (κ1) is 19.6. The van der Waals surface area contributed by atoms with Gasteiger partial charge in [-0.25, -0.2) is 4.39 Å². The molecule has 0 atom stereocenters. The second-order valence-electron chi connectivity index (χ2n) is 7.12. The van der Waals surface area contributed by atoms with Crippen molar-refractivity contribution in [2.24, 2.45) is 5.92 Å². The Balaban J connectivity index is 1.31. The number of para-hydroxylation sites is 2. The fourth-order valence-electron chi connectivity index (χ4n) is 3.34. The van der Waals surface area contributed by atoms with E-state index in [4.69, 9.17) is 4.74 Å². The van der Waals surface area contributed by atoms with Crippen molar-refractivity contribution in [3.05, 3.63) is 84.7 Å². The molecule has 1 aliphatic heterocycles. The zero-order chi connectivity index (χ0) is 20.9. The Morgan fingerprint density at radius 3 is 2.37 bits per heavy atom. The van der Waals surface area contributed by atoms with E-state index in [0.717, 1.165) is 16.8 Å². The number of likely N-dealkylation sites (tertiary alicyclic amines) is 1. The zero-order valence-corrected chi connectivity index (χ0v) is 16.3. The van der Waals surface area contributed by atoms with E-state index in [1.54, 1.807) is 12.1 Å². The highest BCUT2D eigenvalue weighted by molar-refractivity contribution is 5.98. The Morgan fingerprint density at radius 1 is 0.933 bits per heavy atom. The number of nitrogens with zero attached hydrogens (tertiary/aromatic N) is 1. The van der Waals surface area contributed by atoms with Crippen LogP contribution < -0.4 is 10.1 Å². The Morgan fingerprint density at radius 2 is 1.60 bits per heavy atom. The molecule has 1 aliphatic rings. The van der Waals surface area contributed by atoms with Gasteiger partial charge in [0.2, 0.25) is 5.91 Å². The van der Waals surface area contributed by atoms with Crippen LogP contribution in [0.5, 0.6) is 5.75 Å². The van der Waals surface area contributed by atoms with E-state index < -0.39 is 5.82 Å². The summed E-state index contributed by atoms with van der Waals surface area (Å²) < 4.78 is 18.8. The molecular weight excluding hydrogens is 383 g/mol. The summed E-state index contributed by atoms with van der Waals surface area (Å²) in [5, 5.41) is 2.98. The summed E-state index contributed by atoms with van der Waals surface area (Å²) >= 11 is 0. The Kier molecular flexibility index (Phi) is 5.75. The molecule has 0 spiro atoms. The molecule has 3 aromatic rings. The van der Waals surface area contributed by atoms with Gasteiger partial charge < -0.3 is 15.0 Å². The lowest BCUT2D eigenvalue weighted by Crippen LogP contribution is -2.55. The molecule has 1 heterocycles. The molecule has 3 aromatic carbocycles. The number of amides is 2. The van der Waals surface area contributed by atoms with Gasteiger partial charge in [-0.3, -0.25) is 9.59 Å². The van der Waals surface area contributed by atoms with Crippen molar-refractivity contribution in [1.82, 2.24) is 4.90 Å². The molecule has 1 saturated heterocycles. The van der Waals surface area contributed by atoms with Crippen molar-refractivity contribution in [3.63, 3.8) is 0 Å². The molecule has 30 heavy (non-hydrogen) atoms. The quantitative estimate of drug-likeness (QED) is 0.676. The average molecular weight is 404 g/mol. The van der Waals surface area contributed by atoms with E-state index >= 15 is 0 Å². The topological polar surface area (TPSA) is 58.6 Å². The fourth-order valence-corrected chi connectivity index (χ4v) is 3.34. The number of hydrogen-bond acceptors (Lipinski definition) is 3. The van der Waals surface area contributed by atoms with Crippen LogP contribution in [0.15, 0.2) is 78.9 Å². The van der Waals surface area contributed by atoms with Gasteiger partial charge in [-0.2, -0.15) is 0 Å². The van der Waals surface area contributed by atoms with Crippen molar-refractivity contribution in [1.29, 1.82) is 0 Å². The third-order valence-corrected chi connectivity index (χ3v) is 5.06. The first-order valence-corrected chi connectivity index (χ1v) is 9.72. The molecule has 0 aromatic heterocycles. The standard InChI is InChI=1S/C24H21FN2O3/c25-20-11-5-7-13-22(20)30-16-23(28)27-14-18(15-27)24(29)26-21-12-6-4-10-19(21)17-8-2-1-3-9-17/h1-13,18H,14-16H2,(H,26,29). The zero-order valence-electron chi connectivity index (χ0n) is 16.3. The molecule has 0 bridgehead atoms. The molecule has 4 rings (SSSR count). The molecule has 0 saturated carbocycles. The minimum Gasteiger partial charge on any atom is -0.481 e. The van der Waals surface area contributed by atoms with Crippen molar-refractivity contribution in [2.45, 2.75) is 0 Å². The number of halogens is 1. The van der Waals surface area contributed by atoms with Crippen LogP contribution in [-0.4, -0.2) is 36.4 Å². The molecule has 0 aliphatic carbocycles. The van der Waals surface area contributed by atoms with Crippen molar-refractivity contribution in [2.75, 3.05) is 25.0 Å². The third kappa shape index (κ3) is 4.33. The van der Waals surface area contributed by atoms with Crippen molar-refractivity contribution < 1.29 is 18.7 Å². The molecule has 1 fully saturated rings. The lowest BCUT2D eigenvalue weighted by molar-refractivity contribution is -0.143. The number of carbonyl (C=O) groups excluding carboxylic acids is 2. The fraction of sp³-hybridized carbons (Fsp3) is 0.167. The lowest BCUT2D eigenvalue weighted by atomic mass is 9.98. The van der Waals surface area contributed by atoms with E-state index in [-0.39, 0.29) is 30.1 Å². The van der Waals surface area contributed by atoms with E-state index in [1.807, 2.05) is 54.6 Å². The van der Waals surface area contributed by atoms with Gasteiger partial charge in [-0.15, -0.1) is 0 Å². The van der Waals surface area contributed by atoms with Crippen LogP contribution in [0.4, 0.5) is 10.1 Å². The van der Waals surface area contributed by atoms with Crippen LogP contribution in [0.2, 0.25) is 0 Å². The van der Waals surface area contributed by atoms with Gasteiger partial charge in [0.15, 0.2) is 18.2 Å².